The first-order chi connectivity index (χ1) is 14.7. The Bertz CT molecular complexity index is 930. The summed E-state index contributed by atoms with van der Waals surface area (Å²) < 4.78 is 14.1. The fourth-order valence-corrected chi connectivity index (χ4v) is 4.55. The molecule has 0 spiro atoms. The summed E-state index contributed by atoms with van der Waals surface area (Å²) in [5.41, 5.74) is 2.09. The number of fused-ring (bicyclic) bond motifs is 1. The van der Waals surface area contributed by atoms with Gasteiger partial charge in [-0.2, -0.15) is 0 Å². The highest BCUT2D eigenvalue weighted by Crippen LogP contribution is 2.25. The zero-order valence-electron chi connectivity index (χ0n) is 18.7. The van der Waals surface area contributed by atoms with Crippen LogP contribution in [-0.2, 0) is 22.6 Å². The Morgan fingerprint density at radius 1 is 1.19 bits per heavy atom. The van der Waals surface area contributed by atoms with Gasteiger partial charge in [-0.15, -0.1) is 11.3 Å². The van der Waals surface area contributed by atoms with Crippen LogP contribution in [0.4, 0.5) is 10.1 Å². The Labute approximate surface area is 187 Å². The molecule has 6 nitrogen and oxygen atoms in total. The third-order valence-electron chi connectivity index (χ3n) is 5.65. The van der Waals surface area contributed by atoms with Crippen LogP contribution in [0.5, 0.6) is 0 Å². The first kappa shape index (κ1) is 23.3. The van der Waals surface area contributed by atoms with Gasteiger partial charge in [-0.1, -0.05) is 6.07 Å². The van der Waals surface area contributed by atoms with E-state index in [2.05, 4.69) is 23.7 Å². The number of aryl methyl sites for hydroxylation is 1. The van der Waals surface area contributed by atoms with E-state index in [0.29, 0.717) is 31.4 Å². The molecule has 3 rings (SSSR count). The van der Waals surface area contributed by atoms with Crippen molar-refractivity contribution in [1.29, 1.82) is 0 Å². The minimum absolute atomic E-state index is 0.0158. The minimum Gasteiger partial charge on any atom is -0.337 e. The van der Waals surface area contributed by atoms with E-state index in [0.717, 1.165) is 35.8 Å². The molecule has 0 aliphatic carbocycles. The van der Waals surface area contributed by atoms with Gasteiger partial charge < -0.3 is 9.80 Å². The average molecular weight is 447 g/mol. The van der Waals surface area contributed by atoms with Crippen molar-refractivity contribution in [2.45, 2.75) is 53.1 Å². The Kier molecular flexibility index (Phi) is 7.78. The maximum atomic E-state index is 14.1. The van der Waals surface area contributed by atoms with Crippen LogP contribution in [-0.4, -0.2) is 58.8 Å². The molecular weight excluding hydrogens is 415 g/mol. The van der Waals surface area contributed by atoms with Crippen LogP contribution in [0.3, 0.4) is 0 Å². The topological polar surface area (TPSA) is 56.8 Å². The number of halogens is 1. The second-order valence-corrected chi connectivity index (χ2v) is 9.34. The number of amides is 2. The van der Waals surface area contributed by atoms with E-state index in [1.165, 1.54) is 30.4 Å². The largest absolute Gasteiger partial charge is 0.337 e. The molecule has 1 aromatic heterocycles. The van der Waals surface area contributed by atoms with Gasteiger partial charge in [-0.05, 0) is 44.9 Å². The third-order valence-corrected chi connectivity index (χ3v) is 6.47. The predicted octanol–water partition coefficient (Wildman–Crippen LogP) is 3.63. The maximum absolute atomic E-state index is 14.1. The summed E-state index contributed by atoms with van der Waals surface area (Å²) in [6, 6.07) is 4.81. The molecule has 1 aliphatic heterocycles. The standard InChI is InChI=1S/C23H31FN4O2S/c1-16(2)26-8-5-9-28(18(4)29)22-12-20(24)7-6-19(22)14-27(11-10-26)23(30)13-21-15-31-17(3)25-21/h6-7,12,15-16H,5,8-11,13-14H2,1-4H3. The Morgan fingerprint density at radius 2 is 1.97 bits per heavy atom. The molecule has 0 atom stereocenters. The SMILES string of the molecule is CC(=O)N1CCCN(C(C)C)CCN(C(=O)Cc2csc(C)n2)Cc2ccc(F)cc21. The summed E-state index contributed by atoms with van der Waals surface area (Å²) in [5.74, 6) is -0.532. The van der Waals surface area contributed by atoms with Gasteiger partial charge >= 0.3 is 0 Å². The Hall–Kier alpha value is -2.32. The zero-order chi connectivity index (χ0) is 22.5. The van der Waals surface area contributed by atoms with Crippen molar-refractivity contribution >= 4 is 28.8 Å². The second-order valence-electron chi connectivity index (χ2n) is 8.28. The molecule has 1 aliphatic rings. The first-order valence-electron chi connectivity index (χ1n) is 10.7. The quantitative estimate of drug-likeness (QED) is 0.723. The van der Waals surface area contributed by atoms with E-state index >= 15 is 0 Å². The van der Waals surface area contributed by atoms with Crippen molar-refractivity contribution in [1.82, 2.24) is 14.8 Å². The molecule has 2 heterocycles. The lowest BCUT2D eigenvalue weighted by molar-refractivity contribution is -0.131. The summed E-state index contributed by atoms with van der Waals surface area (Å²) in [4.78, 5) is 35.8. The fourth-order valence-electron chi connectivity index (χ4n) is 3.93. The van der Waals surface area contributed by atoms with E-state index in [4.69, 9.17) is 0 Å². The number of thiazole rings is 1. The number of aromatic nitrogens is 1. The van der Waals surface area contributed by atoms with Crippen LogP contribution in [0.15, 0.2) is 23.6 Å². The molecule has 31 heavy (non-hydrogen) atoms. The van der Waals surface area contributed by atoms with Gasteiger partial charge in [-0.3, -0.25) is 14.5 Å². The van der Waals surface area contributed by atoms with E-state index in [1.807, 2.05) is 17.2 Å². The lowest BCUT2D eigenvalue weighted by Crippen LogP contribution is -2.41. The van der Waals surface area contributed by atoms with Crippen LogP contribution in [0.1, 0.15) is 43.5 Å². The van der Waals surface area contributed by atoms with Crippen LogP contribution < -0.4 is 4.90 Å². The van der Waals surface area contributed by atoms with Gasteiger partial charge in [0, 0.05) is 51.1 Å². The number of anilines is 1. The Balaban J connectivity index is 1.94. The van der Waals surface area contributed by atoms with Crippen LogP contribution in [0.2, 0.25) is 0 Å². The molecule has 0 bridgehead atoms. The number of rotatable bonds is 3. The number of benzene rings is 1. The molecule has 0 unspecified atom stereocenters. The van der Waals surface area contributed by atoms with Crippen molar-refractivity contribution in [3.8, 4) is 0 Å². The van der Waals surface area contributed by atoms with Crippen molar-refractivity contribution in [2.24, 2.45) is 0 Å². The molecule has 0 saturated carbocycles. The molecular formula is C23H31FN4O2S. The highest BCUT2D eigenvalue weighted by Gasteiger charge is 2.24. The molecule has 1 aromatic carbocycles. The summed E-state index contributed by atoms with van der Waals surface area (Å²) >= 11 is 1.53. The summed E-state index contributed by atoms with van der Waals surface area (Å²) in [5, 5.41) is 2.85. The highest BCUT2D eigenvalue weighted by atomic mass is 32.1. The monoisotopic (exact) mass is 446 g/mol. The number of hydrogen-bond donors (Lipinski definition) is 0. The molecule has 0 N–H and O–H groups in total. The molecule has 0 radical (unpaired) electrons. The number of nitrogens with zero attached hydrogens (tertiary/aromatic N) is 4. The van der Waals surface area contributed by atoms with Gasteiger partial charge in [0.25, 0.3) is 0 Å². The molecule has 2 aromatic rings. The number of carbonyl (C=O) groups excluding carboxylic acids is 2. The normalized spacial score (nSPS) is 16.2. The number of carbonyl (C=O) groups is 2. The highest BCUT2D eigenvalue weighted by molar-refractivity contribution is 7.09. The first-order valence-corrected chi connectivity index (χ1v) is 11.6. The molecule has 168 valence electrons. The molecule has 2 amide bonds. The van der Waals surface area contributed by atoms with E-state index in [1.54, 1.807) is 11.0 Å². The van der Waals surface area contributed by atoms with E-state index < -0.39 is 0 Å². The van der Waals surface area contributed by atoms with Crippen molar-refractivity contribution in [2.75, 3.05) is 31.1 Å². The van der Waals surface area contributed by atoms with Gasteiger partial charge in [0.05, 0.1) is 22.8 Å². The smallest absolute Gasteiger partial charge is 0.228 e. The lowest BCUT2D eigenvalue weighted by atomic mass is 10.1. The summed E-state index contributed by atoms with van der Waals surface area (Å²) in [7, 11) is 0. The average Bonchev–Trinajstić information content (AvgIpc) is 3.09. The summed E-state index contributed by atoms with van der Waals surface area (Å²) in [6.07, 6.45) is 1.01. The molecule has 8 heteroatoms. The van der Waals surface area contributed by atoms with E-state index in [9.17, 15) is 14.0 Å². The lowest BCUT2D eigenvalue weighted by Gasteiger charge is -2.30. The van der Waals surface area contributed by atoms with Gasteiger partial charge in [0.15, 0.2) is 0 Å². The number of hydrogen-bond acceptors (Lipinski definition) is 5. The van der Waals surface area contributed by atoms with Crippen LogP contribution in [0, 0.1) is 12.7 Å². The van der Waals surface area contributed by atoms with Crippen molar-refractivity contribution in [3.63, 3.8) is 0 Å². The third kappa shape index (κ3) is 6.11. The van der Waals surface area contributed by atoms with Crippen molar-refractivity contribution < 1.29 is 14.0 Å². The fraction of sp³-hybridized carbons (Fsp3) is 0.522. The van der Waals surface area contributed by atoms with Crippen LogP contribution >= 0.6 is 11.3 Å². The van der Waals surface area contributed by atoms with Crippen LogP contribution in [0.25, 0.3) is 0 Å². The summed E-state index contributed by atoms with van der Waals surface area (Å²) in [6.45, 7) is 10.7. The van der Waals surface area contributed by atoms with Gasteiger partial charge in [0.2, 0.25) is 11.8 Å². The van der Waals surface area contributed by atoms with E-state index in [-0.39, 0.29) is 24.1 Å². The minimum atomic E-state index is -0.389. The second kappa shape index (κ2) is 10.3. The predicted molar refractivity (Wildman–Crippen MR) is 122 cm³/mol. The van der Waals surface area contributed by atoms with Gasteiger partial charge in [-0.25, -0.2) is 9.37 Å². The Morgan fingerprint density at radius 3 is 2.61 bits per heavy atom. The molecule has 0 saturated heterocycles. The van der Waals surface area contributed by atoms with Gasteiger partial charge in [0.1, 0.15) is 5.82 Å². The zero-order valence-corrected chi connectivity index (χ0v) is 19.5. The maximum Gasteiger partial charge on any atom is 0.228 e. The molecule has 0 fully saturated rings. The van der Waals surface area contributed by atoms with Crippen molar-refractivity contribution in [3.05, 3.63) is 45.7 Å².